The second kappa shape index (κ2) is 2.95. The van der Waals surface area contributed by atoms with Crippen LogP contribution in [0.2, 0.25) is 0 Å². The Bertz CT molecular complexity index is 142. The molecule has 0 spiro atoms. The predicted molar refractivity (Wildman–Crippen MR) is 39.4 cm³/mol. The summed E-state index contributed by atoms with van der Waals surface area (Å²) >= 11 is 0. The van der Waals surface area contributed by atoms with Crippen molar-refractivity contribution in [1.82, 2.24) is 0 Å². The van der Waals surface area contributed by atoms with E-state index < -0.39 is 11.3 Å². The molecule has 1 radical (unpaired) electrons. The van der Waals surface area contributed by atoms with Gasteiger partial charge in [-0.05, 0) is 6.92 Å². The van der Waals surface area contributed by atoms with Crippen molar-refractivity contribution in [3.05, 3.63) is 6.92 Å². The van der Waals surface area contributed by atoms with Crippen LogP contribution in [0.1, 0.15) is 20.8 Å². The zero-order chi connectivity index (χ0) is 8.36. The molecule has 1 atom stereocenters. The summed E-state index contributed by atoms with van der Waals surface area (Å²) < 4.78 is 0. The number of hydrogen-bond donors (Lipinski definition) is 0. The van der Waals surface area contributed by atoms with E-state index in [9.17, 15) is 9.59 Å². The summed E-state index contributed by atoms with van der Waals surface area (Å²) in [5, 5.41) is 0. The minimum atomic E-state index is -0.708. The molecule has 0 aliphatic rings. The van der Waals surface area contributed by atoms with Crippen LogP contribution in [0.15, 0.2) is 0 Å². The van der Waals surface area contributed by atoms with E-state index in [4.69, 9.17) is 0 Å². The van der Waals surface area contributed by atoms with Gasteiger partial charge in [-0.3, -0.25) is 4.79 Å². The highest BCUT2D eigenvalue weighted by Gasteiger charge is 2.25. The fourth-order valence-electron chi connectivity index (χ4n) is 0.618. The molecule has 0 saturated heterocycles. The Morgan fingerprint density at radius 2 is 1.90 bits per heavy atom. The van der Waals surface area contributed by atoms with Gasteiger partial charge in [-0.2, -0.15) is 0 Å². The third-order valence-corrected chi connectivity index (χ3v) is 1.24. The second-order valence-corrected chi connectivity index (χ2v) is 3.36. The lowest BCUT2D eigenvalue weighted by atomic mass is 9.84. The third-order valence-electron chi connectivity index (χ3n) is 1.24. The zero-order valence-electron chi connectivity index (χ0n) is 6.68. The van der Waals surface area contributed by atoms with Crippen LogP contribution in [0.25, 0.3) is 0 Å². The van der Waals surface area contributed by atoms with Gasteiger partial charge < -0.3 is 4.79 Å². The molecular formula is C8H13O2. The number of carbonyl (C=O) groups excluding carboxylic acids is 2. The van der Waals surface area contributed by atoms with Gasteiger partial charge >= 0.3 is 0 Å². The molecule has 57 valence electrons. The SMILES string of the molecule is [CH2]C(C=O)C(=O)C(C)(C)C. The highest BCUT2D eigenvalue weighted by atomic mass is 16.1. The molecule has 0 aromatic carbocycles. The van der Waals surface area contributed by atoms with E-state index >= 15 is 0 Å². The molecule has 0 saturated carbocycles. The van der Waals surface area contributed by atoms with Crippen molar-refractivity contribution < 1.29 is 9.59 Å². The molecule has 0 aliphatic heterocycles. The lowest BCUT2D eigenvalue weighted by Gasteiger charge is -2.17. The highest BCUT2D eigenvalue weighted by Crippen LogP contribution is 2.18. The Morgan fingerprint density at radius 3 is 2.00 bits per heavy atom. The Balaban J connectivity index is 4.22. The third kappa shape index (κ3) is 2.29. The first-order chi connectivity index (χ1) is 4.39. The monoisotopic (exact) mass is 141 g/mol. The summed E-state index contributed by atoms with van der Waals surface area (Å²) in [6.45, 7) is 8.73. The number of ketones is 1. The van der Waals surface area contributed by atoms with Crippen LogP contribution < -0.4 is 0 Å². The second-order valence-electron chi connectivity index (χ2n) is 3.36. The number of carbonyl (C=O) groups is 2. The first-order valence-electron chi connectivity index (χ1n) is 3.22. The van der Waals surface area contributed by atoms with Crippen LogP contribution in [0.4, 0.5) is 0 Å². The van der Waals surface area contributed by atoms with Gasteiger partial charge in [-0.25, -0.2) is 0 Å². The van der Waals surface area contributed by atoms with Gasteiger partial charge in [0.15, 0.2) is 0 Å². The molecule has 0 fully saturated rings. The predicted octanol–water partition coefficient (Wildman–Crippen LogP) is 1.25. The summed E-state index contributed by atoms with van der Waals surface area (Å²) in [5.74, 6) is -0.817. The van der Waals surface area contributed by atoms with E-state index in [1.807, 2.05) is 0 Å². The summed E-state index contributed by atoms with van der Waals surface area (Å²) in [7, 11) is 0. The number of rotatable bonds is 2. The quantitative estimate of drug-likeness (QED) is 0.428. The number of aldehydes is 1. The molecule has 0 amide bonds. The van der Waals surface area contributed by atoms with Crippen molar-refractivity contribution in [1.29, 1.82) is 0 Å². The lowest BCUT2D eigenvalue weighted by Crippen LogP contribution is -2.27. The molecular weight excluding hydrogens is 128 g/mol. The van der Waals surface area contributed by atoms with E-state index in [2.05, 4.69) is 6.92 Å². The van der Waals surface area contributed by atoms with Gasteiger partial charge in [-0.1, -0.05) is 20.8 Å². The lowest BCUT2D eigenvalue weighted by molar-refractivity contribution is -0.131. The Labute approximate surface area is 61.6 Å². The van der Waals surface area contributed by atoms with Crippen molar-refractivity contribution >= 4 is 12.1 Å². The fourth-order valence-corrected chi connectivity index (χ4v) is 0.618. The topological polar surface area (TPSA) is 34.1 Å². The molecule has 0 N–H and O–H groups in total. The average Bonchev–Trinajstić information content (AvgIpc) is 1.83. The van der Waals surface area contributed by atoms with Gasteiger partial charge in [0.25, 0.3) is 0 Å². The Kier molecular flexibility index (Phi) is 2.76. The van der Waals surface area contributed by atoms with Crippen molar-refractivity contribution in [3.63, 3.8) is 0 Å². The maximum Gasteiger partial charge on any atom is 0.148 e. The number of hydrogen-bond acceptors (Lipinski definition) is 2. The average molecular weight is 141 g/mol. The van der Waals surface area contributed by atoms with Gasteiger partial charge in [-0.15, -0.1) is 0 Å². The molecule has 2 heteroatoms. The number of Topliss-reactive ketones (excluding diaryl/α,β-unsaturated/α-hetero) is 1. The highest BCUT2D eigenvalue weighted by molar-refractivity contribution is 5.97. The summed E-state index contributed by atoms with van der Waals surface area (Å²) in [6, 6.07) is 0. The van der Waals surface area contributed by atoms with Gasteiger partial charge in [0, 0.05) is 5.41 Å². The largest absolute Gasteiger partial charge is 0.303 e. The first kappa shape index (κ1) is 9.34. The zero-order valence-corrected chi connectivity index (χ0v) is 6.68. The summed E-state index contributed by atoms with van der Waals surface area (Å²) in [5.41, 5.74) is -0.451. The molecule has 0 aliphatic carbocycles. The molecule has 0 heterocycles. The van der Waals surface area contributed by atoms with E-state index in [-0.39, 0.29) is 5.78 Å². The minimum absolute atomic E-state index is 0.109. The molecule has 0 rings (SSSR count). The molecule has 0 aromatic rings. The van der Waals surface area contributed by atoms with Crippen LogP contribution in [0.3, 0.4) is 0 Å². The van der Waals surface area contributed by atoms with Crippen LogP contribution >= 0.6 is 0 Å². The van der Waals surface area contributed by atoms with E-state index in [1.165, 1.54) is 0 Å². The van der Waals surface area contributed by atoms with Gasteiger partial charge in [0.2, 0.25) is 0 Å². The normalized spacial score (nSPS) is 14.4. The standard InChI is InChI=1S/C8H13O2/c1-6(5-9)7(10)8(2,3)4/h5-6H,1H2,2-4H3. The van der Waals surface area contributed by atoms with E-state index in [1.54, 1.807) is 20.8 Å². The molecule has 1 unspecified atom stereocenters. The molecule has 0 aromatic heterocycles. The molecule has 0 bridgehead atoms. The van der Waals surface area contributed by atoms with Crippen LogP contribution in [0.5, 0.6) is 0 Å². The van der Waals surface area contributed by atoms with Crippen LogP contribution in [0, 0.1) is 18.3 Å². The Morgan fingerprint density at radius 1 is 1.50 bits per heavy atom. The van der Waals surface area contributed by atoms with Crippen molar-refractivity contribution in [2.24, 2.45) is 11.3 Å². The maximum atomic E-state index is 11.1. The Hall–Kier alpha value is -0.660. The summed E-state index contributed by atoms with van der Waals surface area (Å²) in [6.07, 6.45) is 0.577. The fraction of sp³-hybridized carbons (Fsp3) is 0.625. The van der Waals surface area contributed by atoms with Gasteiger partial charge in [0.05, 0.1) is 5.92 Å². The molecule has 2 nitrogen and oxygen atoms in total. The van der Waals surface area contributed by atoms with Crippen LogP contribution in [-0.4, -0.2) is 12.1 Å². The summed E-state index contributed by atoms with van der Waals surface area (Å²) in [4.78, 5) is 21.2. The van der Waals surface area contributed by atoms with E-state index in [0.29, 0.717) is 6.29 Å². The first-order valence-corrected chi connectivity index (χ1v) is 3.22. The molecule has 10 heavy (non-hydrogen) atoms. The minimum Gasteiger partial charge on any atom is -0.303 e. The van der Waals surface area contributed by atoms with Crippen LogP contribution in [-0.2, 0) is 9.59 Å². The van der Waals surface area contributed by atoms with Crippen molar-refractivity contribution in [2.75, 3.05) is 0 Å². The smallest absolute Gasteiger partial charge is 0.148 e. The van der Waals surface area contributed by atoms with Crippen molar-refractivity contribution in [3.8, 4) is 0 Å². The van der Waals surface area contributed by atoms with Crippen molar-refractivity contribution in [2.45, 2.75) is 20.8 Å². The van der Waals surface area contributed by atoms with E-state index in [0.717, 1.165) is 0 Å². The maximum absolute atomic E-state index is 11.1. The van der Waals surface area contributed by atoms with Gasteiger partial charge in [0.1, 0.15) is 12.1 Å².